The van der Waals surface area contributed by atoms with E-state index in [-0.39, 0.29) is 0 Å². The normalized spacial score (nSPS) is 15.2. The van der Waals surface area contributed by atoms with Crippen LogP contribution in [0, 0.1) is 0 Å². The van der Waals surface area contributed by atoms with Crippen molar-refractivity contribution in [3.8, 4) is 33.4 Å². The summed E-state index contributed by atoms with van der Waals surface area (Å²) in [4.78, 5) is 5.55. The molecule has 57 heavy (non-hydrogen) atoms. The molecule has 274 valence electrons. The van der Waals surface area contributed by atoms with Crippen LogP contribution in [0.25, 0.3) is 75.1 Å². The van der Waals surface area contributed by atoms with E-state index >= 15 is 0 Å². The SMILES string of the molecule is C[SH]1(C)(C)c2ccccc2-c2cc(N(c3ccc(-c4cccc5ccccc45)cc3)c3cccc4c3Cc3ccc5sc6c7ccccc7ccc6c5c3-4)ccc21. The number of hydrogen-bond donors (Lipinski definition) is 1. The molecule has 2 aliphatic rings. The van der Waals surface area contributed by atoms with Gasteiger partial charge in [0.25, 0.3) is 0 Å². The molecule has 0 saturated heterocycles. The zero-order valence-electron chi connectivity index (χ0n) is 32.3. The second kappa shape index (κ2) is 11.7. The lowest BCUT2D eigenvalue weighted by molar-refractivity contribution is 1.20. The fourth-order valence-corrected chi connectivity index (χ4v) is 15.0. The largest absolute Gasteiger partial charge is 0.310 e. The topological polar surface area (TPSA) is 3.24 Å². The van der Waals surface area contributed by atoms with Crippen LogP contribution in [0.15, 0.2) is 186 Å². The fourth-order valence-electron chi connectivity index (χ4n) is 10.3. The number of rotatable bonds is 4. The van der Waals surface area contributed by atoms with Gasteiger partial charge in [-0.1, -0.05) is 133 Å². The minimum Gasteiger partial charge on any atom is -0.310 e. The maximum absolute atomic E-state index is 2.53. The van der Waals surface area contributed by atoms with Gasteiger partial charge in [-0.25, -0.2) is 9.16 Å². The molecular formula is C54H41NS2. The van der Waals surface area contributed by atoms with Gasteiger partial charge >= 0.3 is 0 Å². The molecule has 1 nitrogen and oxygen atoms in total. The maximum Gasteiger partial charge on any atom is 0.0503 e. The first kappa shape index (κ1) is 33.1. The molecule has 2 heterocycles. The quantitative estimate of drug-likeness (QED) is 0.175. The molecule has 12 rings (SSSR count). The standard InChI is InChI=1S/C54H41NS2/c1-57(2,3)50-21-9-8-17-43(50)47-33-39(28-31-51(47)57)55(38-26-22-36(23-27-38)41-18-10-14-34-12-4-6-15-40(34)41)48-20-11-19-44-46(48)32-37-25-30-49-53(52(37)44)45-29-24-35-13-5-7-16-42(35)54(45)56-49/h4-31,33,57H,32H2,1-3H3. The average molecular weight is 768 g/mol. The number of benzene rings is 9. The molecule has 3 heteroatoms. The molecule has 10 aromatic rings. The van der Waals surface area contributed by atoms with Crippen molar-refractivity contribution in [3.63, 3.8) is 0 Å². The van der Waals surface area contributed by atoms with Gasteiger partial charge in [0.1, 0.15) is 0 Å². The van der Waals surface area contributed by atoms with Crippen molar-refractivity contribution >= 4 is 79.3 Å². The highest BCUT2D eigenvalue weighted by molar-refractivity contribution is 8.48. The molecule has 1 aliphatic heterocycles. The molecule has 0 radical (unpaired) electrons. The summed E-state index contributed by atoms with van der Waals surface area (Å²) in [6.45, 7) is 0. The Bertz CT molecular complexity index is 3320. The number of hydrogen-bond acceptors (Lipinski definition) is 2. The van der Waals surface area contributed by atoms with Crippen molar-refractivity contribution in [2.75, 3.05) is 23.7 Å². The minimum atomic E-state index is -2.30. The predicted octanol–water partition coefficient (Wildman–Crippen LogP) is 15.4. The van der Waals surface area contributed by atoms with E-state index in [1.54, 1.807) is 0 Å². The molecule has 0 bridgehead atoms. The average Bonchev–Trinajstić information content (AvgIpc) is 3.88. The first-order chi connectivity index (χ1) is 27.8. The Hall–Kier alpha value is -6.13. The Morgan fingerprint density at radius 2 is 1.16 bits per heavy atom. The summed E-state index contributed by atoms with van der Waals surface area (Å²) in [7, 11) is -2.30. The Morgan fingerprint density at radius 3 is 2.02 bits per heavy atom. The van der Waals surface area contributed by atoms with E-state index in [4.69, 9.17) is 0 Å². The Labute approximate surface area is 337 Å². The van der Waals surface area contributed by atoms with Crippen LogP contribution in [0.4, 0.5) is 17.1 Å². The van der Waals surface area contributed by atoms with Crippen molar-refractivity contribution in [1.29, 1.82) is 0 Å². The van der Waals surface area contributed by atoms with E-state index < -0.39 is 9.16 Å². The Morgan fingerprint density at radius 1 is 0.491 bits per heavy atom. The highest BCUT2D eigenvalue weighted by Crippen LogP contribution is 2.80. The number of thiophene rings is 1. The zero-order valence-corrected chi connectivity index (χ0v) is 34.0. The smallest absolute Gasteiger partial charge is 0.0503 e. The second-order valence-corrected chi connectivity index (χ2v) is 24.7. The molecule has 0 saturated carbocycles. The van der Waals surface area contributed by atoms with Crippen LogP contribution in [0.3, 0.4) is 0 Å². The summed E-state index contributed by atoms with van der Waals surface area (Å²) in [6, 6.07) is 66.3. The lowest BCUT2D eigenvalue weighted by Gasteiger charge is -2.49. The van der Waals surface area contributed by atoms with E-state index in [0.717, 1.165) is 12.1 Å². The third-order valence-electron chi connectivity index (χ3n) is 13.0. The molecule has 0 fully saturated rings. The fraction of sp³-hybridized carbons (Fsp3) is 0.0741. The van der Waals surface area contributed by atoms with E-state index in [1.807, 2.05) is 11.3 Å². The summed E-state index contributed by atoms with van der Waals surface area (Å²) in [5, 5.41) is 7.94. The third-order valence-corrected chi connectivity index (χ3v) is 18.3. The van der Waals surface area contributed by atoms with Gasteiger partial charge < -0.3 is 4.90 Å². The van der Waals surface area contributed by atoms with E-state index in [0.29, 0.717) is 0 Å². The third kappa shape index (κ3) is 4.70. The van der Waals surface area contributed by atoms with Crippen LogP contribution < -0.4 is 4.90 Å². The van der Waals surface area contributed by atoms with Crippen molar-refractivity contribution in [3.05, 3.63) is 187 Å². The van der Waals surface area contributed by atoms with Crippen LogP contribution >= 0.6 is 20.5 Å². The number of thiol groups is 1. The van der Waals surface area contributed by atoms with Gasteiger partial charge in [0.05, 0.1) is 5.69 Å². The lowest BCUT2D eigenvalue weighted by atomic mass is 9.97. The number of anilines is 3. The van der Waals surface area contributed by atoms with E-state index in [2.05, 4.69) is 200 Å². The summed E-state index contributed by atoms with van der Waals surface area (Å²) in [5.41, 5.74) is 14.4. The van der Waals surface area contributed by atoms with Crippen molar-refractivity contribution in [2.24, 2.45) is 0 Å². The van der Waals surface area contributed by atoms with E-state index in [1.165, 1.54) is 107 Å². The van der Waals surface area contributed by atoms with E-state index in [9.17, 15) is 0 Å². The van der Waals surface area contributed by atoms with Crippen LogP contribution in [-0.4, -0.2) is 18.8 Å². The van der Waals surface area contributed by atoms with Crippen LogP contribution in [0.5, 0.6) is 0 Å². The molecule has 0 N–H and O–H groups in total. The monoisotopic (exact) mass is 767 g/mol. The molecular weight excluding hydrogens is 727 g/mol. The molecule has 9 aromatic carbocycles. The van der Waals surface area contributed by atoms with Gasteiger partial charge in [-0.05, 0) is 137 Å². The van der Waals surface area contributed by atoms with Gasteiger partial charge in [-0.3, -0.25) is 0 Å². The Balaban J connectivity index is 1.07. The summed E-state index contributed by atoms with van der Waals surface area (Å²) in [6.07, 6.45) is 8.44. The second-order valence-electron chi connectivity index (χ2n) is 17.1. The first-order valence-corrected chi connectivity index (χ1v) is 24.3. The summed E-state index contributed by atoms with van der Waals surface area (Å²) < 4.78 is 2.74. The first-order valence-electron chi connectivity index (χ1n) is 19.9. The molecule has 0 amide bonds. The number of fused-ring (bicyclic) bond motifs is 13. The van der Waals surface area contributed by atoms with Crippen LogP contribution in [0.1, 0.15) is 11.1 Å². The molecule has 0 unspecified atom stereocenters. The summed E-state index contributed by atoms with van der Waals surface area (Å²) in [5.74, 6) is 0. The highest BCUT2D eigenvalue weighted by atomic mass is 32.3. The molecule has 0 atom stereocenters. The van der Waals surface area contributed by atoms with Crippen molar-refractivity contribution < 1.29 is 0 Å². The van der Waals surface area contributed by atoms with Gasteiger partial charge in [-0.2, -0.15) is 0 Å². The van der Waals surface area contributed by atoms with Gasteiger partial charge in [0.2, 0.25) is 0 Å². The van der Waals surface area contributed by atoms with Crippen LogP contribution in [0.2, 0.25) is 0 Å². The molecule has 1 aliphatic carbocycles. The maximum atomic E-state index is 2.53. The van der Waals surface area contributed by atoms with Crippen molar-refractivity contribution in [2.45, 2.75) is 16.2 Å². The molecule has 0 spiro atoms. The number of nitrogens with zero attached hydrogens (tertiary/aromatic N) is 1. The Kier molecular flexibility index (Phi) is 6.79. The van der Waals surface area contributed by atoms with Gasteiger partial charge in [0, 0.05) is 38.0 Å². The molecule has 1 aromatic heterocycles. The van der Waals surface area contributed by atoms with Crippen LogP contribution in [-0.2, 0) is 6.42 Å². The van der Waals surface area contributed by atoms with Gasteiger partial charge in [0.15, 0.2) is 0 Å². The zero-order chi connectivity index (χ0) is 38.1. The minimum absolute atomic E-state index is 0.898. The summed E-state index contributed by atoms with van der Waals surface area (Å²) >= 11 is 1.93. The van der Waals surface area contributed by atoms with Crippen molar-refractivity contribution in [1.82, 2.24) is 0 Å². The predicted molar refractivity (Wildman–Crippen MR) is 251 cm³/mol. The highest BCUT2D eigenvalue weighted by Gasteiger charge is 2.40. The van der Waals surface area contributed by atoms with Gasteiger partial charge in [-0.15, -0.1) is 11.3 Å². The lowest BCUT2D eigenvalue weighted by Crippen LogP contribution is -2.13.